The maximum absolute atomic E-state index is 3.47. The lowest BCUT2D eigenvalue weighted by Crippen LogP contribution is -2.51. The van der Waals surface area contributed by atoms with Crippen molar-refractivity contribution >= 4 is 0 Å². The van der Waals surface area contributed by atoms with Crippen LogP contribution in [0, 0.1) is 0 Å². The third kappa shape index (κ3) is 6.17. The van der Waals surface area contributed by atoms with Gasteiger partial charge in [0, 0.05) is 25.7 Å². The fourth-order valence-electron chi connectivity index (χ4n) is 2.81. The van der Waals surface area contributed by atoms with Gasteiger partial charge < -0.3 is 10.2 Å². The Morgan fingerprint density at radius 2 is 1.89 bits per heavy atom. The number of unbranched alkanes of at least 4 members (excludes halogenated alkanes) is 2. The first-order valence-electron chi connectivity index (χ1n) is 7.95. The fourth-order valence-corrected chi connectivity index (χ4v) is 2.81. The zero-order valence-electron chi connectivity index (χ0n) is 12.7. The van der Waals surface area contributed by atoms with Crippen LogP contribution in [0.2, 0.25) is 0 Å². The van der Waals surface area contributed by atoms with Crippen molar-refractivity contribution in [2.75, 3.05) is 45.8 Å². The molecule has 0 saturated carbocycles. The molecule has 3 heteroatoms. The summed E-state index contributed by atoms with van der Waals surface area (Å²) in [5.41, 5.74) is 0. The normalized spacial score (nSPS) is 22.5. The van der Waals surface area contributed by atoms with E-state index in [4.69, 9.17) is 0 Å². The van der Waals surface area contributed by atoms with Gasteiger partial charge in [-0.15, -0.1) is 0 Å². The Bertz CT molecular complexity index is 196. The van der Waals surface area contributed by atoms with Crippen molar-refractivity contribution in [2.24, 2.45) is 0 Å². The van der Waals surface area contributed by atoms with Crippen LogP contribution in [0.4, 0.5) is 0 Å². The van der Waals surface area contributed by atoms with Crippen LogP contribution in [-0.4, -0.2) is 61.7 Å². The maximum Gasteiger partial charge on any atom is 0.0195 e. The average molecular weight is 255 g/mol. The number of piperazine rings is 1. The smallest absolute Gasteiger partial charge is 0.0195 e. The van der Waals surface area contributed by atoms with Crippen LogP contribution in [0.3, 0.4) is 0 Å². The van der Waals surface area contributed by atoms with E-state index in [2.05, 4.69) is 35.9 Å². The number of nitrogens with one attached hydrogen (secondary N) is 1. The molecule has 18 heavy (non-hydrogen) atoms. The molecule has 1 fully saturated rings. The van der Waals surface area contributed by atoms with E-state index >= 15 is 0 Å². The Labute approximate surface area is 114 Å². The molecule has 1 saturated heterocycles. The van der Waals surface area contributed by atoms with Gasteiger partial charge in [0.2, 0.25) is 0 Å². The van der Waals surface area contributed by atoms with E-state index in [1.165, 1.54) is 71.5 Å². The van der Waals surface area contributed by atoms with Crippen LogP contribution in [0.25, 0.3) is 0 Å². The molecule has 108 valence electrons. The summed E-state index contributed by atoms with van der Waals surface area (Å²) in [5.74, 6) is 0. The molecule has 0 amide bonds. The molecule has 1 aliphatic rings. The van der Waals surface area contributed by atoms with Gasteiger partial charge in [-0.2, -0.15) is 0 Å². The van der Waals surface area contributed by atoms with Crippen LogP contribution in [-0.2, 0) is 0 Å². The summed E-state index contributed by atoms with van der Waals surface area (Å²) < 4.78 is 0. The monoisotopic (exact) mass is 255 g/mol. The number of rotatable bonds is 9. The SMILES string of the molecule is CCCNCCCCCN1CCN(CC)C(C)C1. The summed E-state index contributed by atoms with van der Waals surface area (Å²) in [7, 11) is 0. The fraction of sp³-hybridized carbons (Fsp3) is 1.00. The summed E-state index contributed by atoms with van der Waals surface area (Å²) in [6.07, 6.45) is 5.33. The molecule has 3 nitrogen and oxygen atoms in total. The molecule has 0 spiro atoms. The molecule has 0 aliphatic carbocycles. The zero-order chi connectivity index (χ0) is 13.2. The topological polar surface area (TPSA) is 18.5 Å². The number of nitrogens with zero attached hydrogens (tertiary/aromatic N) is 2. The largest absolute Gasteiger partial charge is 0.317 e. The lowest BCUT2D eigenvalue weighted by molar-refractivity contribution is 0.0869. The minimum atomic E-state index is 0.745. The van der Waals surface area contributed by atoms with Crippen molar-refractivity contribution in [2.45, 2.75) is 52.5 Å². The van der Waals surface area contributed by atoms with Gasteiger partial charge in [0.1, 0.15) is 0 Å². The summed E-state index contributed by atoms with van der Waals surface area (Å²) >= 11 is 0. The van der Waals surface area contributed by atoms with Crippen molar-refractivity contribution in [1.82, 2.24) is 15.1 Å². The second-order valence-electron chi connectivity index (χ2n) is 5.59. The Kier molecular flexibility index (Phi) is 8.64. The minimum Gasteiger partial charge on any atom is -0.317 e. The average Bonchev–Trinajstić information content (AvgIpc) is 2.38. The predicted octanol–water partition coefficient (Wildman–Crippen LogP) is 2.18. The van der Waals surface area contributed by atoms with Crippen LogP contribution >= 0.6 is 0 Å². The third-order valence-electron chi connectivity index (χ3n) is 4.01. The van der Waals surface area contributed by atoms with Crippen molar-refractivity contribution in [3.8, 4) is 0 Å². The molecule has 1 heterocycles. The summed E-state index contributed by atoms with van der Waals surface area (Å²) in [6, 6.07) is 0.745. The van der Waals surface area contributed by atoms with E-state index in [-0.39, 0.29) is 0 Å². The Morgan fingerprint density at radius 3 is 2.56 bits per heavy atom. The predicted molar refractivity (Wildman–Crippen MR) is 80.2 cm³/mol. The second kappa shape index (κ2) is 9.76. The van der Waals surface area contributed by atoms with Crippen LogP contribution in [0.15, 0.2) is 0 Å². The highest BCUT2D eigenvalue weighted by Gasteiger charge is 2.21. The molecular formula is C15H33N3. The van der Waals surface area contributed by atoms with Gasteiger partial charge in [-0.25, -0.2) is 0 Å². The van der Waals surface area contributed by atoms with Crippen molar-refractivity contribution < 1.29 is 0 Å². The molecule has 1 unspecified atom stereocenters. The van der Waals surface area contributed by atoms with Gasteiger partial charge in [0.15, 0.2) is 0 Å². The first kappa shape index (κ1) is 15.9. The van der Waals surface area contributed by atoms with E-state index < -0.39 is 0 Å². The molecule has 1 aliphatic heterocycles. The van der Waals surface area contributed by atoms with Gasteiger partial charge in [-0.05, 0) is 52.4 Å². The van der Waals surface area contributed by atoms with Crippen molar-refractivity contribution in [1.29, 1.82) is 0 Å². The summed E-state index contributed by atoms with van der Waals surface area (Å²) in [6.45, 7) is 15.5. The lowest BCUT2D eigenvalue weighted by atomic mass is 10.1. The number of hydrogen-bond donors (Lipinski definition) is 1. The van der Waals surface area contributed by atoms with Gasteiger partial charge in [-0.3, -0.25) is 4.90 Å². The summed E-state index contributed by atoms with van der Waals surface area (Å²) in [4.78, 5) is 5.24. The number of hydrogen-bond acceptors (Lipinski definition) is 3. The van der Waals surface area contributed by atoms with Gasteiger partial charge in [0.05, 0.1) is 0 Å². The van der Waals surface area contributed by atoms with E-state index in [9.17, 15) is 0 Å². The highest BCUT2D eigenvalue weighted by Crippen LogP contribution is 2.10. The van der Waals surface area contributed by atoms with Gasteiger partial charge in [0.25, 0.3) is 0 Å². The third-order valence-corrected chi connectivity index (χ3v) is 4.01. The van der Waals surface area contributed by atoms with Gasteiger partial charge in [-0.1, -0.05) is 20.3 Å². The molecule has 0 aromatic rings. The summed E-state index contributed by atoms with van der Waals surface area (Å²) in [5, 5.41) is 3.47. The van der Waals surface area contributed by atoms with Crippen molar-refractivity contribution in [3.05, 3.63) is 0 Å². The Morgan fingerprint density at radius 1 is 1.06 bits per heavy atom. The first-order valence-corrected chi connectivity index (χ1v) is 7.95. The highest BCUT2D eigenvalue weighted by atomic mass is 15.3. The van der Waals surface area contributed by atoms with Crippen LogP contribution < -0.4 is 5.32 Å². The molecule has 1 rings (SSSR count). The first-order chi connectivity index (χ1) is 8.77. The molecule has 0 radical (unpaired) electrons. The molecule has 1 atom stereocenters. The van der Waals surface area contributed by atoms with Crippen LogP contribution in [0.5, 0.6) is 0 Å². The molecule has 0 bridgehead atoms. The Balaban J connectivity index is 1.97. The molecule has 0 aromatic heterocycles. The van der Waals surface area contributed by atoms with E-state index in [0.717, 1.165) is 6.04 Å². The second-order valence-corrected chi connectivity index (χ2v) is 5.59. The van der Waals surface area contributed by atoms with Crippen LogP contribution in [0.1, 0.15) is 46.5 Å². The zero-order valence-corrected chi connectivity index (χ0v) is 12.7. The van der Waals surface area contributed by atoms with E-state index in [1.807, 2.05) is 0 Å². The molecule has 1 N–H and O–H groups in total. The highest BCUT2D eigenvalue weighted by molar-refractivity contribution is 4.78. The van der Waals surface area contributed by atoms with E-state index in [1.54, 1.807) is 0 Å². The standard InChI is InChI=1S/C15H33N3/c1-4-9-16-10-7-6-8-11-17-12-13-18(5-2)15(3)14-17/h15-16H,4-14H2,1-3H3. The maximum atomic E-state index is 3.47. The Hall–Kier alpha value is -0.120. The lowest BCUT2D eigenvalue weighted by Gasteiger charge is -2.39. The molecule has 0 aromatic carbocycles. The molecular weight excluding hydrogens is 222 g/mol. The number of likely N-dealkylation sites (N-methyl/N-ethyl adjacent to an activating group) is 1. The van der Waals surface area contributed by atoms with E-state index in [0.29, 0.717) is 0 Å². The van der Waals surface area contributed by atoms with Crippen molar-refractivity contribution in [3.63, 3.8) is 0 Å². The minimum absolute atomic E-state index is 0.745. The van der Waals surface area contributed by atoms with Gasteiger partial charge >= 0.3 is 0 Å². The quantitative estimate of drug-likeness (QED) is 0.637.